The quantitative estimate of drug-likeness (QED) is 0.423. The van der Waals surface area contributed by atoms with Gasteiger partial charge in [-0.15, -0.1) is 11.8 Å². The Morgan fingerprint density at radius 1 is 1.24 bits per heavy atom. The van der Waals surface area contributed by atoms with Crippen LogP contribution in [0.1, 0.15) is 45.4 Å². The maximum atomic E-state index is 8.91. The van der Waals surface area contributed by atoms with E-state index in [0.717, 1.165) is 23.5 Å². The summed E-state index contributed by atoms with van der Waals surface area (Å²) in [5.74, 6) is 3.84. The lowest BCUT2D eigenvalue weighted by atomic mass is 9.50. The van der Waals surface area contributed by atoms with Crippen molar-refractivity contribution in [3.63, 3.8) is 0 Å². The number of thioether (sulfide) groups is 1. The van der Waals surface area contributed by atoms with Gasteiger partial charge in [0.15, 0.2) is 0 Å². The molecule has 0 aromatic heterocycles. The van der Waals surface area contributed by atoms with Gasteiger partial charge in [0.25, 0.3) is 0 Å². The summed E-state index contributed by atoms with van der Waals surface area (Å²) in [6.45, 7) is 2.16. The molecule has 4 aliphatic rings. The van der Waals surface area contributed by atoms with Crippen LogP contribution in [-0.4, -0.2) is 10.8 Å². The highest BCUT2D eigenvalue weighted by Gasteiger charge is 2.53. The third-order valence-corrected chi connectivity index (χ3v) is 6.01. The molecule has 17 heavy (non-hydrogen) atoms. The van der Waals surface area contributed by atoms with Crippen LogP contribution < -0.4 is 0 Å². The molecule has 4 saturated carbocycles. The summed E-state index contributed by atoms with van der Waals surface area (Å²) in [5, 5.41) is 10.1. The number of hydrogen-bond donors (Lipinski definition) is 0. The average molecular weight is 248 g/mol. The summed E-state index contributed by atoms with van der Waals surface area (Å²) in [4.78, 5) is 4.19. The van der Waals surface area contributed by atoms with Crippen molar-refractivity contribution in [3.8, 4) is 6.19 Å². The van der Waals surface area contributed by atoms with E-state index < -0.39 is 0 Å². The van der Waals surface area contributed by atoms with Crippen LogP contribution in [0.3, 0.4) is 0 Å². The van der Waals surface area contributed by atoms with Crippen LogP contribution in [0.5, 0.6) is 0 Å². The van der Waals surface area contributed by atoms with Crippen LogP contribution in [0.4, 0.5) is 0 Å². The Morgan fingerprint density at radius 3 is 2.18 bits per heavy atom. The van der Waals surface area contributed by atoms with Gasteiger partial charge in [-0.05, 0) is 62.0 Å². The number of nitriles is 1. The number of aliphatic imine (C=N–C) groups is 1. The first-order valence-electron chi connectivity index (χ1n) is 6.86. The number of rotatable bonds is 2. The van der Waals surface area contributed by atoms with Crippen molar-refractivity contribution < 1.29 is 0 Å². The van der Waals surface area contributed by atoms with Gasteiger partial charge in [0.1, 0.15) is 0 Å². The van der Waals surface area contributed by atoms with Crippen molar-refractivity contribution in [1.82, 2.24) is 0 Å². The predicted octanol–water partition coefficient (Wildman–Crippen LogP) is 3.84. The lowest BCUT2D eigenvalue weighted by Crippen LogP contribution is -2.49. The predicted molar refractivity (Wildman–Crippen MR) is 71.8 cm³/mol. The molecule has 4 fully saturated rings. The van der Waals surface area contributed by atoms with E-state index in [1.807, 2.05) is 18.0 Å². The third-order valence-electron chi connectivity index (χ3n) is 4.92. The van der Waals surface area contributed by atoms with Gasteiger partial charge in [-0.25, -0.2) is 0 Å². The van der Waals surface area contributed by atoms with Gasteiger partial charge >= 0.3 is 0 Å². The summed E-state index contributed by atoms with van der Waals surface area (Å²) in [6.07, 6.45) is 10.3. The molecular formula is C14H20N2S. The zero-order chi connectivity index (χ0) is 11.9. The molecule has 0 saturated heterocycles. The van der Waals surface area contributed by atoms with Crippen LogP contribution in [0.2, 0.25) is 0 Å². The van der Waals surface area contributed by atoms with Crippen molar-refractivity contribution in [2.45, 2.75) is 45.4 Å². The summed E-state index contributed by atoms with van der Waals surface area (Å²) >= 11 is 1.82. The first-order valence-corrected chi connectivity index (χ1v) is 7.84. The van der Waals surface area contributed by atoms with E-state index in [1.54, 1.807) is 0 Å². The average Bonchev–Trinajstić information content (AvgIpc) is 2.27. The molecule has 0 aliphatic heterocycles. The summed E-state index contributed by atoms with van der Waals surface area (Å²) in [6, 6.07) is 0. The minimum Gasteiger partial charge on any atom is -0.171 e. The SMILES string of the molecule is CCSC(=NC#N)C12CC3CC(CC(C3)C1)C2. The van der Waals surface area contributed by atoms with Gasteiger partial charge in [-0.3, -0.25) is 0 Å². The molecule has 0 radical (unpaired) electrons. The highest BCUT2D eigenvalue weighted by Crippen LogP contribution is 2.61. The Hall–Kier alpha value is -0.490. The van der Waals surface area contributed by atoms with E-state index in [2.05, 4.69) is 11.9 Å². The molecule has 2 nitrogen and oxygen atoms in total. The first-order chi connectivity index (χ1) is 8.25. The van der Waals surface area contributed by atoms with Gasteiger partial charge in [-0.1, -0.05) is 6.92 Å². The molecule has 4 bridgehead atoms. The number of hydrogen-bond acceptors (Lipinski definition) is 3. The molecule has 0 unspecified atom stereocenters. The maximum Gasteiger partial charge on any atom is 0.206 e. The van der Waals surface area contributed by atoms with E-state index in [-0.39, 0.29) is 0 Å². The Kier molecular flexibility index (Phi) is 2.94. The molecule has 0 atom stereocenters. The van der Waals surface area contributed by atoms with Gasteiger partial charge in [-0.2, -0.15) is 10.3 Å². The molecule has 4 aliphatic carbocycles. The minimum atomic E-state index is 0.311. The molecule has 92 valence electrons. The topological polar surface area (TPSA) is 36.1 Å². The second kappa shape index (κ2) is 4.31. The first kappa shape index (κ1) is 11.6. The molecule has 0 aromatic carbocycles. The molecular weight excluding hydrogens is 228 g/mol. The Labute approximate surface area is 108 Å². The van der Waals surface area contributed by atoms with E-state index in [4.69, 9.17) is 5.26 Å². The number of nitrogens with zero attached hydrogens (tertiary/aromatic N) is 2. The molecule has 3 heteroatoms. The van der Waals surface area contributed by atoms with Crippen molar-refractivity contribution in [3.05, 3.63) is 0 Å². The molecule has 0 amide bonds. The Bertz CT molecular complexity index is 345. The maximum absolute atomic E-state index is 8.91. The largest absolute Gasteiger partial charge is 0.206 e. The standard InChI is InChI=1S/C14H20N2S/c1-2-17-13(16-9-15)14-6-10-3-11(7-14)5-12(4-10)8-14/h10-12H,2-8H2,1H3. The van der Waals surface area contributed by atoms with Crippen molar-refractivity contribution >= 4 is 16.8 Å². The van der Waals surface area contributed by atoms with Gasteiger partial charge in [0.2, 0.25) is 6.19 Å². The Balaban J connectivity index is 1.90. The van der Waals surface area contributed by atoms with Gasteiger partial charge in [0.05, 0.1) is 5.04 Å². The monoisotopic (exact) mass is 248 g/mol. The van der Waals surface area contributed by atoms with Crippen LogP contribution in [0.15, 0.2) is 4.99 Å². The minimum absolute atomic E-state index is 0.311. The fourth-order valence-electron chi connectivity index (χ4n) is 4.86. The van der Waals surface area contributed by atoms with E-state index in [1.165, 1.54) is 43.6 Å². The van der Waals surface area contributed by atoms with Crippen LogP contribution in [0, 0.1) is 34.6 Å². The lowest BCUT2D eigenvalue weighted by Gasteiger charge is -2.56. The molecule has 0 N–H and O–H groups in total. The molecule has 0 spiro atoms. The van der Waals surface area contributed by atoms with Crippen LogP contribution >= 0.6 is 11.8 Å². The zero-order valence-electron chi connectivity index (χ0n) is 10.5. The molecule has 4 rings (SSSR count). The Morgan fingerprint density at radius 2 is 1.76 bits per heavy atom. The summed E-state index contributed by atoms with van der Waals surface area (Å²) < 4.78 is 0. The van der Waals surface area contributed by atoms with Crippen LogP contribution in [0.25, 0.3) is 0 Å². The van der Waals surface area contributed by atoms with E-state index >= 15 is 0 Å². The van der Waals surface area contributed by atoms with E-state index in [9.17, 15) is 0 Å². The van der Waals surface area contributed by atoms with Crippen molar-refractivity contribution in [2.24, 2.45) is 28.2 Å². The summed E-state index contributed by atoms with van der Waals surface area (Å²) in [7, 11) is 0. The second-order valence-electron chi connectivity index (χ2n) is 6.15. The highest BCUT2D eigenvalue weighted by atomic mass is 32.2. The van der Waals surface area contributed by atoms with Crippen molar-refractivity contribution in [1.29, 1.82) is 5.26 Å². The summed E-state index contributed by atoms with van der Waals surface area (Å²) in [5.41, 5.74) is 0.311. The fourth-order valence-corrected chi connectivity index (χ4v) is 5.79. The molecule has 0 aromatic rings. The van der Waals surface area contributed by atoms with Crippen LogP contribution in [-0.2, 0) is 0 Å². The highest BCUT2D eigenvalue weighted by molar-refractivity contribution is 8.14. The second-order valence-corrected chi connectivity index (χ2v) is 7.40. The van der Waals surface area contributed by atoms with Gasteiger partial charge in [0, 0.05) is 5.41 Å². The smallest absolute Gasteiger partial charge is 0.171 e. The fraction of sp³-hybridized carbons (Fsp3) is 0.857. The van der Waals surface area contributed by atoms with Gasteiger partial charge < -0.3 is 0 Å². The zero-order valence-corrected chi connectivity index (χ0v) is 11.3. The van der Waals surface area contributed by atoms with E-state index in [0.29, 0.717) is 5.41 Å². The van der Waals surface area contributed by atoms with Crippen molar-refractivity contribution in [2.75, 3.05) is 5.75 Å². The third kappa shape index (κ3) is 1.91. The normalized spacial score (nSPS) is 43.8. The lowest BCUT2D eigenvalue weighted by molar-refractivity contribution is -0.0105. The molecule has 0 heterocycles.